The first-order valence-corrected chi connectivity index (χ1v) is 8.96. The molecule has 0 saturated heterocycles. The molecule has 0 spiro atoms. The third kappa shape index (κ3) is 2.92. The van der Waals surface area contributed by atoms with Crippen molar-refractivity contribution in [2.75, 3.05) is 5.75 Å². The molecule has 0 aliphatic carbocycles. The Morgan fingerprint density at radius 3 is 2.43 bits per heavy atom. The molecule has 0 bridgehead atoms. The topological polar surface area (TPSA) is 9.23 Å². The lowest BCUT2D eigenvalue weighted by molar-refractivity contribution is 0.399. The maximum atomic E-state index is 6.14. The highest BCUT2D eigenvalue weighted by atomic mass is 32.2. The van der Waals surface area contributed by atoms with Gasteiger partial charge in [-0.05, 0) is 35.7 Å². The highest BCUT2D eigenvalue weighted by Crippen LogP contribution is 2.38. The monoisotopic (exact) mass is 228 g/mol. The second kappa shape index (κ2) is 4.15. The lowest BCUT2D eigenvalue weighted by Gasteiger charge is -2.37. The van der Waals surface area contributed by atoms with Gasteiger partial charge in [0.05, 0.1) is 0 Å². The molecule has 0 saturated carbocycles. The molecule has 1 aliphatic rings. The molecule has 0 aromatic carbocycles. The van der Waals surface area contributed by atoms with Crippen molar-refractivity contribution >= 4 is 20.1 Å². The van der Waals surface area contributed by atoms with Gasteiger partial charge in [-0.1, -0.05) is 20.8 Å². The van der Waals surface area contributed by atoms with E-state index in [4.69, 9.17) is 4.43 Å². The summed E-state index contributed by atoms with van der Waals surface area (Å²) in [6.45, 7) is 11.4. The first kappa shape index (κ1) is 11.9. The smallest absolute Gasteiger partial charge is 0.250 e. The van der Waals surface area contributed by atoms with Crippen LogP contribution < -0.4 is 0 Å². The standard InChI is InChI=1S/C11H20OSSi/c1-11(2,3)14(4,5)12-10-6-8-13-9-7-10/h6-8H,9H2,1-5H3. The number of thioether (sulfide) groups is 1. The van der Waals surface area contributed by atoms with Gasteiger partial charge in [0.25, 0.3) is 0 Å². The molecular formula is C11H20OSSi. The van der Waals surface area contributed by atoms with E-state index in [9.17, 15) is 0 Å². The van der Waals surface area contributed by atoms with Crippen molar-refractivity contribution < 1.29 is 4.43 Å². The molecule has 0 N–H and O–H groups in total. The summed E-state index contributed by atoms with van der Waals surface area (Å²) in [5.41, 5.74) is 0. The second-order valence-corrected chi connectivity index (χ2v) is 10.8. The zero-order valence-electron chi connectivity index (χ0n) is 9.76. The predicted molar refractivity (Wildman–Crippen MR) is 68.0 cm³/mol. The molecular weight excluding hydrogens is 208 g/mol. The number of allylic oxidation sites excluding steroid dienone is 1. The molecule has 0 fully saturated rings. The largest absolute Gasteiger partial charge is 0.544 e. The van der Waals surface area contributed by atoms with Crippen LogP contribution in [0.2, 0.25) is 18.1 Å². The summed E-state index contributed by atoms with van der Waals surface area (Å²) in [7, 11) is -1.62. The zero-order chi connectivity index (χ0) is 10.8. The molecule has 0 radical (unpaired) electrons. The highest BCUT2D eigenvalue weighted by molar-refractivity contribution is 8.02. The lowest BCUT2D eigenvalue weighted by atomic mass is 10.2. The van der Waals surface area contributed by atoms with Gasteiger partial charge in [-0.25, -0.2) is 0 Å². The first-order chi connectivity index (χ1) is 6.33. The van der Waals surface area contributed by atoms with Crippen LogP contribution in [0.25, 0.3) is 0 Å². The lowest BCUT2D eigenvalue weighted by Crippen LogP contribution is -2.40. The molecule has 14 heavy (non-hydrogen) atoms. The number of hydrogen-bond acceptors (Lipinski definition) is 2. The van der Waals surface area contributed by atoms with Crippen LogP contribution in [-0.2, 0) is 4.43 Å². The highest BCUT2D eigenvalue weighted by Gasteiger charge is 2.39. The van der Waals surface area contributed by atoms with E-state index in [0.717, 1.165) is 11.5 Å². The summed E-state index contributed by atoms with van der Waals surface area (Å²) in [6, 6.07) is 0. The predicted octanol–water partition coefficient (Wildman–Crippen LogP) is 4.15. The van der Waals surface area contributed by atoms with Gasteiger partial charge in [-0.3, -0.25) is 0 Å². The fraction of sp³-hybridized carbons (Fsp3) is 0.636. The summed E-state index contributed by atoms with van der Waals surface area (Å²) < 4.78 is 6.14. The summed E-state index contributed by atoms with van der Waals surface area (Å²) in [5.74, 6) is 2.11. The van der Waals surface area contributed by atoms with E-state index in [2.05, 4.69) is 51.4 Å². The van der Waals surface area contributed by atoms with Crippen molar-refractivity contribution in [1.82, 2.24) is 0 Å². The van der Waals surface area contributed by atoms with Crippen molar-refractivity contribution in [3.8, 4) is 0 Å². The third-order valence-corrected chi connectivity index (χ3v) is 7.93. The SMILES string of the molecule is CC(C)(C)[Si](C)(C)OC1=CCSC=C1. The van der Waals surface area contributed by atoms with Gasteiger partial charge < -0.3 is 4.43 Å². The zero-order valence-corrected chi connectivity index (χ0v) is 11.6. The maximum Gasteiger partial charge on any atom is 0.250 e. The van der Waals surface area contributed by atoms with Crippen LogP contribution in [0.4, 0.5) is 0 Å². The number of hydrogen-bond donors (Lipinski definition) is 0. The average Bonchev–Trinajstić information content (AvgIpc) is 2.03. The third-order valence-electron chi connectivity index (χ3n) is 2.89. The minimum absolute atomic E-state index is 0.284. The Bertz CT molecular complexity index is 261. The van der Waals surface area contributed by atoms with Gasteiger partial charge in [0.2, 0.25) is 8.32 Å². The molecule has 3 heteroatoms. The quantitative estimate of drug-likeness (QED) is 0.657. The molecule has 0 atom stereocenters. The van der Waals surface area contributed by atoms with E-state index in [-0.39, 0.29) is 5.04 Å². The summed E-state index contributed by atoms with van der Waals surface area (Å²) in [5, 5.41) is 2.40. The van der Waals surface area contributed by atoms with Crippen molar-refractivity contribution in [3.63, 3.8) is 0 Å². The molecule has 0 amide bonds. The van der Waals surface area contributed by atoms with Gasteiger partial charge in [-0.2, -0.15) is 0 Å². The van der Waals surface area contributed by atoms with Gasteiger partial charge in [-0.15, -0.1) is 11.8 Å². The summed E-state index contributed by atoms with van der Waals surface area (Å²) in [4.78, 5) is 0. The van der Waals surface area contributed by atoms with E-state index in [0.29, 0.717) is 0 Å². The van der Waals surface area contributed by atoms with E-state index in [1.807, 2.05) is 11.8 Å². The van der Waals surface area contributed by atoms with Crippen molar-refractivity contribution in [2.24, 2.45) is 0 Å². The summed E-state index contributed by atoms with van der Waals surface area (Å²) >= 11 is 1.81. The maximum absolute atomic E-state index is 6.14. The van der Waals surface area contributed by atoms with E-state index >= 15 is 0 Å². The molecule has 1 heterocycles. The van der Waals surface area contributed by atoms with Gasteiger partial charge >= 0.3 is 0 Å². The Morgan fingerprint density at radius 2 is 2.00 bits per heavy atom. The van der Waals surface area contributed by atoms with Crippen molar-refractivity contribution in [3.05, 3.63) is 23.3 Å². The Morgan fingerprint density at radius 1 is 1.36 bits per heavy atom. The van der Waals surface area contributed by atoms with Gasteiger partial charge in [0, 0.05) is 5.75 Å². The Kier molecular flexibility index (Phi) is 3.53. The minimum Gasteiger partial charge on any atom is -0.544 e. The molecule has 0 unspecified atom stereocenters. The summed E-state index contributed by atoms with van der Waals surface area (Å²) in [6.07, 6.45) is 4.25. The molecule has 0 aromatic rings. The fourth-order valence-electron chi connectivity index (χ4n) is 0.892. The second-order valence-electron chi connectivity index (χ2n) is 5.10. The van der Waals surface area contributed by atoms with E-state index in [1.54, 1.807) is 0 Å². The Hall–Kier alpha value is -0.153. The fourth-order valence-corrected chi connectivity index (χ4v) is 2.54. The van der Waals surface area contributed by atoms with Crippen molar-refractivity contribution in [2.45, 2.75) is 38.9 Å². The van der Waals surface area contributed by atoms with E-state index < -0.39 is 8.32 Å². The van der Waals surface area contributed by atoms with Crippen LogP contribution in [0, 0.1) is 0 Å². The normalized spacial score (nSPS) is 17.9. The molecule has 80 valence electrons. The van der Waals surface area contributed by atoms with Gasteiger partial charge in [0.15, 0.2) is 0 Å². The average molecular weight is 228 g/mol. The van der Waals surface area contributed by atoms with Crippen LogP contribution in [0.1, 0.15) is 20.8 Å². The van der Waals surface area contributed by atoms with Crippen molar-refractivity contribution in [1.29, 1.82) is 0 Å². The van der Waals surface area contributed by atoms with E-state index in [1.165, 1.54) is 0 Å². The molecule has 1 nitrogen and oxygen atoms in total. The Balaban J connectivity index is 2.68. The molecule has 0 aromatic heterocycles. The van der Waals surface area contributed by atoms with Crippen LogP contribution in [0.5, 0.6) is 0 Å². The number of rotatable bonds is 2. The Labute approximate surface area is 92.7 Å². The van der Waals surface area contributed by atoms with Crippen LogP contribution >= 0.6 is 11.8 Å². The molecule has 1 aliphatic heterocycles. The first-order valence-electron chi connectivity index (χ1n) is 5.00. The minimum atomic E-state index is -1.62. The van der Waals surface area contributed by atoms with Crippen LogP contribution in [0.3, 0.4) is 0 Å². The van der Waals surface area contributed by atoms with Crippen LogP contribution in [-0.4, -0.2) is 14.1 Å². The molecule has 1 rings (SSSR count). The van der Waals surface area contributed by atoms with Gasteiger partial charge in [0.1, 0.15) is 5.76 Å². The van der Waals surface area contributed by atoms with Crippen LogP contribution in [0.15, 0.2) is 23.3 Å².